The summed E-state index contributed by atoms with van der Waals surface area (Å²) in [4.78, 5) is 18.5. The molecule has 13 heteroatoms. The summed E-state index contributed by atoms with van der Waals surface area (Å²) in [7, 11) is 0. The van der Waals surface area contributed by atoms with Crippen molar-refractivity contribution in [3.63, 3.8) is 0 Å². The van der Waals surface area contributed by atoms with Crippen molar-refractivity contribution < 1.29 is 52.2 Å². The number of aromatic nitrogens is 4. The monoisotopic (exact) mass is 819 g/mol. The molecule has 0 amide bonds. The third-order valence-electron chi connectivity index (χ3n) is 9.46. The van der Waals surface area contributed by atoms with Crippen molar-refractivity contribution in [2.75, 3.05) is 0 Å². The minimum absolute atomic E-state index is 0. The zero-order valence-electron chi connectivity index (χ0n) is 28.7. The van der Waals surface area contributed by atoms with Crippen LogP contribution >= 0.6 is 0 Å². The Morgan fingerprint density at radius 1 is 0.281 bits per heavy atom. The molecule has 0 N–H and O–H groups in total. The van der Waals surface area contributed by atoms with Crippen LogP contribution in [0.15, 0.2) is 97.1 Å². The Morgan fingerprint density at radius 2 is 0.474 bits per heavy atom. The van der Waals surface area contributed by atoms with Crippen molar-refractivity contribution in [2.24, 2.45) is 0 Å². The standard InChI is InChI=1S/C44H20F8N4.Cu/c45-21-5-1-6-22(46)37(21)41-29-13-15-31(53-29)42(38-23(47)7-2-8-24(38)48)33-17-19-35(55-33)44(40-27(51)11-4-12-28(40)52)36-20-18-34(56-36)43(32-16-14-30(41)54-32)39-25(49)9-3-10-26(39)50;/h1-20H;/q-2;+2. The minimum Gasteiger partial charge on any atom is -0.657 e. The van der Waals surface area contributed by atoms with Crippen LogP contribution in [0.5, 0.6) is 0 Å². The quantitative estimate of drug-likeness (QED) is 0.131. The number of rotatable bonds is 4. The van der Waals surface area contributed by atoms with E-state index in [1.807, 2.05) is 0 Å². The van der Waals surface area contributed by atoms with Crippen LogP contribution in [0.3, 0.4) is 0 Å². The molecule has 0 aliphatic carbocycles. The van der Waals surface area contributed by atoms with E-state index < -0.39 is 68.8 Å². The molecule has 0 fully saturated rings. The van der Waals surface area contributed by atoms with Gasteiger partial charge in [0.1, 0.15) is 46.5 Å². The Kier molecular flexibility index (Phi) is 9.51. The van der Waals surface area contributed by atoms with E-state index >= 15 is 35.1 Å². The predicted octanol–water partition coefficient (Wildman–Crippen LogP) is 11.7. The molecule has 4 aromatic carbocycles. The van der Waals surface area contributed by atoms with Crippen molar-refractivity contribution in [1.82, 2.24) is 19.9 Å². The first-order valence-electron chi connectivity index (χ1n) is 16.9. The van der Waals surface area contributed by atoms with E-state index in [0.717, 1.165) is 72.8 Å². The largest absolute Gasteiger partial charge is 2.00 e. The summed E-state index contributed by atoms with van der Waals surface area (Å²) in [5.41, 5.74) is -3.65. The Balaban J connectivity index is 0.00000455. The van der Waals surface area contributed by atoms with Crippen molar-refractivity contribution in [2.45, 2.75) is 0 Å². The molecule has 0 saturated carbocycles. The molecule has 0 spiro atoms. The van der Waals surface area contributed by atoms with Crippen molar-refractivity contribution in [3.8, 4) is 44.5 Å². The maximum Gasteiger partial charge on any atom is 2.00 e. The second kappa shape index (κ2) is 14.5. The van der Waals surface area contributed by atoms with Crippen LogP contribution < -0.4 is 9.97 Å². The minimum atomic E-state index is -0.995. The van der Waals surface area contributed by atoms with Gasteiger partial charge in [0.15, 0.2) is 0 Å². The molecular weight excluding hydrogens is 800 g/mol. The number of hydrogen-bond donors (Lipinski definition) is 0. The average Bonchev–Trinajstić information content (AvgIpc) is 4.00. The smallest absolute Gasteiger partial charge is 0.657 e. The van der Waals surface area contributed by atoms with Crippen LogP contribution in [-0.4, -0.2) is 9.97 Å². The molecule has 283 valence electrons. The Hall–Kier alpha value is -6.56. The number of hydrogen-bond acceptors (Lipinski definition) is 2. The second-order valence-corrected chi connectivity index (χ2v) is 12.7. The van der Waals surface area contributed by atoms with Crippen molar-refractivity contribution in [3.05, 3.63) is 166 Å². The summed E-state index contributed by atoms with van der Waals surface area (Å²) in [6, 6.07) is 18.3. The maximum absolute atomic E-state index is 15.7. The second-order valence-electron chi connectivity index (χ2n) is 12.7. The summed E-state index contributed by atoms with van der Waals surface area (Å²) < 4.78 is 125. The van der Waals surface area contributed by atoms with Gasteiger partial charge in [0.05, 0.1) is 45.0 Å². The summed E-state index contributed by atoms with van der Waals surface area (Å²) in [5, 5.41) is 0. The van der Waals surface area contributed by atoms with Gasteiger partial charge in [0, 0.05) is 0 Å². The summed E-state index contributed by atoms with van der Waals surface area (Å²) >= 11 is 0. The van der Waals surface area contributed by atoms with Crippen LogP contribution in [-0.2, 0) is 17.1 Å². The van der Waals surface area contributed by atoms with E-state index in [0.29, 0.717) is 0 Å². The van der Waals surface area contributed by atoms with E-state index in [9.17, 15) is 0 Å². The van der Waals surface area contributed by atoms with E-state index in [2.05, 4.69) is 19.9 Å². The molecule has 2 aliphatic heterocycles. The van der Waals surface area contributed by atoms with Gasteiger partial charge in [-0.2, -0.15) is 0 Å². The molecule has 57 heavy (non-hydrogen) atoms. The molecule has 3 aromatic heterocycles. The van der Waals surface area contributed by atoms with Crippen molar-refractivity contribution >= 4 is 46.4 Å². The molecule has 9 rings (SSSR count). The average molecular weight is 820 g/mol. The van der Waals surface area contributed by atoms with Crippen LogP contribution in [0, 0.1) is 46.5 Å². The molecule has 4 nitrogen and oxygen atoms in total. The molecule has 1 radical (unpaired) electrons. The predicted molar refractivity (Wildman–Crippen MR) is 198 cm³/mol. The molecule has 5 heterocycles. The van der Waals surface area contributed by atoms with Gasteiger partial charge in [-0.25, -0.2) is 45.1 Å². The maximum atomic E-state index is 15.7. The zero-order valence-corrected chi connectivity index (χ0v) is 29.6. The Morgan fingerprint density at radius 3 is 0.667 bits per heavy atom. The first-order chi connectivity index (χ1) is 27.1. The molecule has 0 atom stereocenters. The van der Waals surface area contributed by atoms with Gasteiger partial charge >= 0.3 is 17.1 Å². The van der Waals surface area contributed by atoms with Crippen LogP contribution in [0.4, 0.5) is 35.1 Å². The first kappa shape index (κ1) is 37.4. The fourth-order valence-corrected chi connectivity index (χ4v) is 7.06. The Labute approximate surface area is 328 Å². The van der Waals surface area contributed by atoms with Crippen LogP contribution in [0.2, 0.25) is 0 Å². The number of halogens is 8. The van der Waals surface area contributed by atoms with Gasteiger partial charge in [-0.05, 0) is 95.1 Å². The number of benzene rings is 4. The normalized spacial score (nSPS) is 11.9. The molecule has 0 unspecified atom stereocenters. The van der Waals surface area contributed by atoms with E-state index in [1.165, 1.54) is 48.6 Å². The molecular formula is C44H20CuF8N4. The molecule has 2 aliphatic rings. The van der Waals surface area contributed by atoms with Gasteiger partial charge < -0.3 is 9.97 Å². The van der Waals surface area contributed by atoms with E-state index in [4.69, 9.17) is 0 Å². The van der Waals surface area contributed by atoms with Crippen LogP contribution in [0.25, 0.3) is 90.9 Å². The number of nitrogens with zero attached hydrogens (tertiary/aromatic N) is 4. The first-order valence-corrected chi connectivity index (χ1v) is 16.9. The van der Waals surface area contributed by atoms with E-state index in [1.54, 1.807) is 0 Å². The molecule has 7 aromatic rings. The van der Waals surface area contributed by atoms with Crippen molar-refractivity contribution in [1.29, 1.82) is 0 Å². The van der Waals surface area contributed by atoms with Gasteiger partial charge in [0.25, 0.3) is 0 Å². The van der Waals surface area contributed by atoms with Gasteiger partial charge in [-0.15, -0.1) is 22.1 Å². The fraction of sp³-hybridized carbons (Fsp3) is 0. The summed E-state index contributed by atoms with van der Waals surface area (Å²) in [6.07, 6.45) is 5.46. The fourth-order valence-electron chi connectivity index (χ4n) is 7.06. The molecule has 0 saturated heterocycles. The summed E-state index contributed by atoms with van der Waals surface area (Å²) in [6.45, 7) is 0. The van der Waals surface area contributed by atoms with Gasteiger partial charge in [-0.1, -0.05) is 48.5 Å². The third-order valence-corrected chi connectivity index (χ3v) is 9.46. The Bertz CT molecular complexity index is 2560. The van der Waals surface area contributed by atoms with Gasteiger partial charge in [-0.3, -0.25) is 0 Å². The van der Waals surface area contributed by atoms with E-state index in [-0.39, 0.29) is 84.2 Å². The zero-order chi connectivity index (χ0) is 38.8. The molecule has 8 bridgehead atoms. The summed E-state index contributed by atoms with van der Waals surface area (Å²) in [5.74, 6) is -7.96. The topological polar surface area (TPSA) is 54.0 Å². The number of fused-ring (bicyclic) bond motifs is 8. The van der Waals surface area contributed by atoms with Crippen LogP contribution in [0.1, 0.15) is 22.8 Å². The van der Waals surface area contributed by atoms with Gasteiger partial charge in [0.2, 0.25) is 0 Å². The SMILES string of the molecule is Fc1cccc(F)c1-c1c2nc(c(-c3c(F)cccc3F)c3ccc([n-]3)c(-c3c(F)cccc3F)c3nc(c(-c4c(F)cccc4F)c4ccc1[n-]4)C=C3)C=C2.[Cu+2]. The third kappa shape index (κ3) is 6.25.